The van der Waals surface area contributed by atoms with E-state index in [1.807, 2.05) is 0 Å². The minimum absolute atomic E-state index is 1.09. The molecule has 5 rings (SSSR count). The molecule has 0 aromatic carbocycles. The molecule has 0 aromatic rings. The van der Waals surface area contributed by atoms with Crippen LogP contribution in [-0.2, 0) is 0 Å². The molecule has 1 heteroatoms. The second kappa shape index (κ2) is 0.878. The molecule has 1 nitrogen and oxygen atoms in total. The topological polar surface area (TPSA) is 3.01 Å². The number of hydrogen-bond donors (Lipinski definition) is 0. The maximum absolute atomic E-state index is 2.79. The first-order valence-corrected chi connectivity index (χ1v) is 4.24. The van der Waals surface area contributed by atoms with Gasteiger partial charge in [-0.15, -0.1) is 0 Å². The first kappa shape index (κ1) is 3.97. The van der Waals surface area contributed by atoms with Crippen molar-refractivity contribution in [2.45, 2.75) is 37.4 Å². The van der Waals surface area contributed by atoms with Gasteiger partial charge >= 0.3 is 0 Å². The maximum Gasteiger partial charge on any atom is 0.0290 e. The average Bonchev–Trinajstić information content (AvgIpc) is 2.35. The molecule has 0 radical (unpaired) electrons. The minimum atomic E-state index is 1.09. The van der Waals surface area contributed by atoms with E-state index in [1.54, 1.807) is 19.3 Å². The number of rotatable bonds is 0. The summed E-state index contributed by atoms with van der Waals surface area (Å²) in [5.41, 5.74) is 0. The van der Waals surface area contributed by atoms with Gasteiger partial charge in [0, 0.05) is 18.1 Å². The van der Waals surface area contributed by atoms with Crippen molar-refractivity contribution in [3.05, 3.63) is 0 Å². The summed E-state index contributed by atoms with van der Waals surface area (Å²) >= 11 is 0. The molecular weight excluding hydrogens is 110 g/mol. The van der Waals surface area contributed by atoms with Gasteiger partial charge < -0.3 is 0 Å². The van der Waals surface area contributed by atoms with Gasteiger partial charge in [-0.1, -0.05) is 0 Å². The normalized spacial score (nSPS) is 80.0. The SMILES string of the molecule is C1CC2C3CC4C(C13)N24. The third-order valence-electron chi connectivity index (χ3n) is 4.21. The van der Waals surface area contributed by atoms with E-state index in [2.05, 4.69) is 4.90 Å². The zero-order valence-corrected chi connectivity index (χ0v) is 5.46. The Bertz CT molecular complexity index is 171. The van der Waals surface area contributed by atoms with Crippen molar-refractivity contribution < 1.29 is 0 Å². The number of hydrogen-bond acceptors (Lipinski definition) is 1. The van der Waals surface area contributed by atoms with Crippen molar-refractivity contribution >= 4 is 0 Å². The predicted octanol–water partition coefficient (Wildman–Crippen LogP) is 0.851. The van der Waals surface area contributed by atoms with E-state index in [-0.39, 0.29) is 0 Å². The van der Waals surface area contributed by atoms with Crippen LogP contribution < -0.4 is 0 Å². The Morgan fingerprint density at radius 3 is 2.44 bits per heavy atom. The standard InChI is InChI=1S/C8H11N/c1-2-6-5-3-7-8(4(1)5)9(6)7/h4-8H,1-3H2. The van der Waals surface area contributed by atoms with E-state index in [1.165, 1.54) is 11.8 Å². The van der Waals surface area contributed by atoms with Crippen LogP contribution in [0.5, 0.6) is 0 Å². The van der Waals surface area contributed by atoms with E-state index in [9.17, 15) is 0 Å². The molecule has 2 aliphatic carbocycles. The Hall–Kier alpha value is -0.0400. The van der Waals surface area contributed by atoms with Crippen LogP contribution >= 0.6 is 0 Å². The van der Waals surface area contributed by atoms with Crippen LogP contribution in [0.4, 0.5) is 0 Å². The fourth-order valence-electron chi connectivity index (χ4n) is 4.04. The monoisotopic (exact) mass is 121 g/mol. The fraction of sp³-hybridized carbons (Fsp3) is 1.00. The van der Waals surface area contributed by atoms with Gasteiger partial charge in [0.15, 0.2) is 0 Å². The molecular formula is C8H11N. The first-order chi connectivity index (χ1) is 4.47. The summed E-state index contributed by atoms with van der Waals surface area (Å²) in [6.45, 7) is 0. The van der Waals surface area contributed by atoms with Crippen molar-refractivity contribution in [2.75, 3.05) is 0 Å². The summed E-state index contributed by atoms with van der Waals surface area (Å²) in [4.78, 5) is 2.79. The van der Waals surface area contributed by atoms with Crippen molar-refractivity contribution in [1.29, 1.82) is 0 Å². The molecule has 0 spiro atoms. The minimum Gasteiger partial charge on any atom is -0.291 e. The van der Waals surface area contributed by atoms with Crippen LogP contribution in [0.25, 0.3) is 0 Å². The van der Waals surface area contributed by atoms with Crippen molar-refractivity contribution in [3.8, 4) is 0 Å². The van der Waals surface area contributed by atoms with E-state index >= 15 is 0 Å². The average molecular weight is 121 g/mol. The molecule has 6 bridgehead atoms. The highest BCUT2D eigenvalue weighted by Crippen LogP contribution is 2.67. The summed E-state index contributed by atoms with van der Waals surface area (Å²) < 4.78 is 0. The Balaban J connectivity index is 2.01. The lowest BCUT2D eigenvalue weighted by Crippen LogP contribution is -2.13. The Labute approximate surface area is 55.0 Å². The van der Waals surface area contributed by atoms with Gasteiger partial charge in [0.1, 0.15) is 0 Å². The molecule has 3 aliphatic heterocycles. The molecule has 0 aromatic heterocycles. The van der Waals surface area contributed by atoms with Crippen LogP contribution in [0.2, 0.25) is 0 Å². The van der Waals surface area contributed by atoms with Crippen LogP contribution in [-0.4, -0.2) is 23.0 Å². The van der Waals surface area contributed by atoms with Crippen LogP contribution in [0.3, 0.4) is 0 Å². The molecule has 2 saturated carbocycles. The molecule has 0 N–H and O–H groups in total. The Morgan fingerprint density at radius 2 is 2.00 bits per heavy atom. The molecule has 6 atom stereocenters. The third-order valence-corrected chi connectivity index (χ3v) is 4.21. The molecule has 3 saturated heterocycles. The second-order valence-corrected chi connectivity index (χ2v) is 4.21. The highest BCUT2D eigenvalue weighted by molar-refractivity contribution is 5.28. The van der Waals surface area contributed by atoms with Crippen LogP contribution in [0.15, 0.2) is 0 Å². The van der Waals surface area contributed by atoms with Crippen molar-refractivity contribution in [3.63, 3.8) is 0 Å². The van der Waals surface area contributed by atoms with Gasteiger partial charge in [-0.2, -0.15) is 0 Å². The summed E-state index contributed by atoms with van der Waals surface area (Å²) in [7, 11) is 0. The molecule has 3 heterocycles. The molecule has 6 unspecified atom stereocenters. The summed E-state index contributed by atoms with van der Waals surface area (Å²) in [5.74, 6) is 2.36. The Morgan fingerprint density at radius 1 is 1.00 bits per heavy atom. The Kier molecular flexibility index (Phi) is 0.387. The first-order valence-electron chi connectivity index (χ1n) is 4.24. The van der Waals surface area contributed by atoms with Crippen molar-refractivity contribution in [1.82, 2.24) is 4.90 Å². The molecule has 5 aliphatic rings. The van der Waals surface area contributed by atoms with Gasteiger partial charge in [0.25, 0.3) is 0 Å². The molecule has 0 amide bonds. The van der Waals surface area contributed by atoms with Crippen LogP contribution in [0.1, 0.15) is 19.3 Å². The van der Waals surface area contributed by atoms with E-state index in [0.29, 0.717) is 0 Å². The predicted molar refractivity (Wildman–Crippen MR) is 34.0 cm³/mol. The molecule has 9 heavy (non-hydrogen) atoms. The zero-order chi connectivity index (χ0) is 5.59. The highest BCUT2D eigenvalue weighted by Gasteiger charge is 2.73. The largest absolute Gasteiger partial charge is 0.291 e. The molecule has 5 fully saturated rings. The van der Waals surface area contributed by atoms with Gasteiger partial charge in [-0.05, 0) is 31.1 Å². The second-order valence-electron chi connectivity index (χ2n) is 4.21. The van der Waals surface area contributed by atoms with Crippen molar-refractivity contribution in [2.24, 2.45) is 11.8 Å². The van der Waals surface area contributed by atoms with Gasteiger partial charge in [0.05, 0.1) is 0 Å². The summed E-state index contributed by atoms with van der Waals surface area (Å²) in [6, 6.07) is 3.31. The third kappa shape index (κ3) is 0.231. The maximum atomic E-state index is 2.79. The summed E-state index contributed by atoms with van der Waals surface area (Å²) in [5, 5.41) is 0. The lowest BCUT2D eigenvalue weighted by Gasteiger charge is -2.07. The van der Waals surface area contributed by atoms with Gasteiger partial charge in [-0.3, -0.25) is 4.90 Å². The number of piperidine rings is 4. The van der Waals surface area contributed by atoms with E-state index in [4.69, 9.17) is 0 Å². The van der Waals surface area contributed by atoms with Crippen LogP contribution in [0, 0.1) is 11.8 Å². The molecule has 48 valence electrons. The van der Waals surface area contributed by atoms with E-state index < -0.39 is 0 Å². The lowest BCUT2D eigenvalue weighted by molar-refractivity contribution is 0.389. The fourth-order valence-corrected chi connectivity index (χ4v) is 4.04. The lowest BCUT2D eigenvalue weighted by atomic mass is 10.0. The smallest absolute Gasteiger partial charge is 0.0290 e. The highest BCUT2D eigenvalue weighted by atomic mass is 15.4. The van der Waals surface area contributed by atoms with E-state index in [0.717, 1.165) is 18.1 Å². The van der Waals surface area contributed by atoms with Gasteiger partial charge in [0.2, 0.25) is 0 Å². The summed E-state index contributed by atoms with van der Waals surface area (Å²) in [6.07, 6.45) is 4.70. The van der Waals surface area contributed by atoms with Gasteiger partial charge in [-0.25, -0.2) is 0 Å². The quantitative estimate of drug-likeness (QED) is 0.429. The number of nitrogens with zero attached hydrogens (tertiary/aromatic N) is 1. The zero-order valence-electron chi connectivity index (χ0n) is 5.46.